The molecular weight excluding hydrogens is 242 g/mol. The molecule has 0 saturated carbocycles. The number of carbonyl (C=O) groups is 1. The molecule has 1 saturated heterocycles. The average molecular weight is 259 g/mol. The van der Waals surface area contributed by atoms with E-state index in [0.29, 0.717) is 6.54 Å². The van der Waals surface area contributed by atoms with Gasteiger partial charge < -0.3 is 20.3 Å². The second-order valence-electron chi connectivity index (χ2n) is 4.88. The lowest BCUT2D eigenvalue weighted by Crippen LogP contribution is -2.40. The molecule has 1 fully saturated rings. The van der Waals surface area contributed by atoms with Crippen molar-refractivity contribution in [2.75, 3.05) is 18.5 Å². The van der Waals surface area contributed by atoms with Crippen molar-refractivity contribution in [3.63, 3.8) is 0 Å². The number of aromatic amines is 1. The summed E-state index contributed by atoms with van der Waals surface area (Å²) in [6.45, 7) is 0.744. The number of aliphatic hydroxyl groups excluding tert-OH is 1. The number of amides is 2. The first-order valence-corrected chi connectivity index (χ1v) is 6.53. The number of urea groups is 1. The Morgan fingerprint density at radius 2 is 2.37 bits per heavy atom. The lowest BCUT2D eigenvalue weighted by Gasteiger charge is -2.23. The molecule has 3 rings (SSSR count). The molecule has 1 aliphatic rings. The summed E-state index contributed by atoms with van der Waals surface area (Å²) in [7, 11) is 0. The molecule has 0 radical (unpaired) electrons. The van der Waals surface area contributed by atoms with Gasteiger partial charge in [0, 0.05) is 29.3 Å². The number of benzene rings is 1. The van der Waals surface area contributed by atoms with Crippen LogP contribution < -0.4 is 5.32 Å². The van der Waals surface area contributed by atoms with E-state index in [1.165, 1.54) is 0 Å². The van der Waals surface area contributed by atoms with Crippen molar-refractivity contribution in [2.45, 2.75) is 18.9 Å². The quantitative estimate of drug-likeness (QED) is 0.773. The van der Waals surface area contributed by atoms with E-state index in [9.17, 15) is 9.90 Å². The van der Waals surface area contributed by atoms with Crippen LogP contribution in [0.3, 0.4) is 0 Å². The van der Waals surface area contributed by atoms with Gasteiger partial charge in [0.1, 0.15) is 0 Å². The Bertz CT molecular complexity index is 593. The van der Waals surface area contributed by atoms with E-state index in [4.69, 9.17) is 0 Å². The van der Waals surface area contributed by atoms with Gasteiger partial charge >= 0.3 is 6.03 Å². The van der Waals surface area contributed by atoms with Crippen LogP contribution in [0, 0.1) is 0 Å². The molecule has 0 aliphatic carbocycles. The molecule has 1 atom stereocenters. The molecule has 3 N–H and O–H groups in total. The first-order chi connectivity index (χ1) is 9.28. The Kier molecular flexibility index (Phi) is 3.13. The van der Waals surface area contributed by atoms with Gasteiger partial charge in [-0.1, -0.05) is 0 Å². The molecule has 0 spiro atoms. The molecule has 2 amide bonds. The monoisotopic (exact) mass is 259 g/mol. The number of likely N-dealkylation sites (tertiary alicyclic amines) is 1. The number of nitrogens with zero attached hydrogens (tertiary/aromatic N) is 1. The lowest BCUT2D eigenvalue weighted by atomic mass is 10.2. The highest BCUT2D eigenvalue weighted by molar-refractivity contribution is 5.93. The number of hydrogen-bond acceptors (Lipinski definition) is 2. The van der Waals surface area contributed by atoms with E-state index in [-0.39, 0.29) is 18.7 Å². The first kappa shape index (κ1) is 12.0. The Labute approximate surface area is 111 Å². The van der Waals surface area contributed by atoms with Crippen molar-refractivity contribution in [3.8, 4) is 0 Å². The number of anilines is 1. The third kappa shape index (κ3) is 2.29. The summed E-state index contributed by atoms with van der Waals surface area (Å²) in [6.07, 6.45) is 3.70. The maximum Gasteiger partial charge on any atom is 0.322 e. The predicted octanol–water partition coefficient (Wildman–Crippen LogP) is 2.16. The van der Waals surface area contributed by atoms with E-state index in [1.54, 1.807) is 4.90 Å². The zero-order valence-electron chi connectivity index (χ0n) is 10.6. The van der Waals surface area contributed by atoms with E-state index < -0.39 is 0 Å². The highest BCUT2D eigenvalue weighted by atomic mass is 16.3. The number of aromatic nitrogens is 1. The first-order valence-electron chi connectivity index (χ1n) is 6.53. The molecule has 5 heteroatoms. The van der Waals surface area contributed by atoms with Crippen molar-refractivity contribution in [2.24, 2.45) is 0 Å². The van der Waals surface area contributed by atoms with E-state index >= 15 is 0 Å². The summed E-state index contributed by atoms with van der Waals surface area (Å²) in [5, 5.41) is 13.2. The van der Waals surface area contributed by atoms with Crippen LogP contribution in [0.15, 0.2) is 30.5 Å². The molecule has 100 valence electrons. The topological polar surface area (TPSA) is 68.4 Å². The highest BCUT2D eigenvalue weighted by Gasteiger charge is 2.27. The van der Waals surface area contributed by atoms with Crippen LogP contribution in [-0.4, -0.2) is 40.2 Å². The van der Waals surface area contributed by atoms with E-state index in [1.807, 2.05) is 30.5 Å². The fourth-order valence-corrected chi connectivity index (χ4v) is 2.62. The number of hydrogen-bond donors (Lipinski definition) is 3. The van der Waals surface area contributed by atoms with Crippen molar-refractivity contribution >= 4 is 22.6 Å². The predicted molar refractivity (Wildman–Crippen MR) is 74.1 cm³/mol. The highest BCUT2D eigenvalue weighted by Crippen LogP contribution is 2.21. The Hall–Kier alpha value is -2.01. The molecule has 2 aromatic rings. The number of aliphatic hydroxyl groups is 1. The Morgan fingerprint density at radius 1 is 1.47 bits per heavy atom. The van der Waals surface area contributed by atoms with Crippen LogP contribution in [-0.2, 0) is 0 Å². The zero-order valence-corrected chi connectivity index (χ0v) is 10.6. The summed E-state index contributed by atoms with van der Waals surface area (Å²) < 4.78 is 0. The van der Waals surface area contributed by atoms with Crippen molar-refractivity contribution in [3.05, 3.63) is 30.5 Å². The molecule has 0 bridgehead atoms. The zero-order chi connectivity index (χ0) is 13.2. The van der Waals surface area contributed by atoms with Crippen LogP contribution in [0.4, 0.5) is 10.5 Å². The number of rotatable bonds is 2. The fourth-order valence-electron chi connectivity index (χ4n) is 2.62. The normalized spacial score (nSPS) is 19.0. The summed E-state index contributed by atoms with van der Waals surface area (Å²) in [6, 6.07) is 7.55. The van der Waals surface area contributed by atoms with Gasteiger partial charge in [-0.2, -0.15) is 0 Å². The molecule has 2 heterocycles. The molecule has 19 heavy (non-hydrogen) atoms. The van der Waals surface area contributed by atoms with E-state index in [2.05, 4.69) is 10.3 Å². The van der Waals surface area contributed by atoms with Crippen molar-refractivity contribution in [1.82, 2.24) is 9.88 Å². The van der Waals surface area contributed by atoms with Crippen LogP contribution >= 0.6 is 0 Å². The minimum Gasteiger partial charge on any atom is -0.394 e. The molecule has 0 unspecified atom stereocenters. The van der Waals surface area contributed by atoms with Crippen LogP contribution in [0.5, 0.6) is 0 Å². The number of H-pyrrole nitrogens is 1. The third-order valence-corrected chi connectivity index (χ3v) is 3.65. The maximum atomic E-state index is 12.2. The third-order valence-electron chi connectivity index (χ3n) is 3.65. The van der Waals surface area contributed by atoms with Gasteiger partial charge in [-0.15, -0.1) is 0 Å². The number of carbonyl (C=O) groups excluding carboxylic acids is 1. The van der Waals surface area contributed by atoms with Crippen LogP contribution in [0.25, 0.3) is 10.9 Å². The van der Waals surface area contributed by atoms with Gasteiger partial charge in [0.15, 0.2) is 0 Å². The standard InChI is InChI=1S/C14H17N3O2/c18-9-12-2-1-7-17(12)14(19)16-11-3-4-13-10(8-11)5-6-15-13/h3-6,8,12,15,18H,1-2,7,9H2,(H,16,19)/t12-/m0/s1. The molecule has 1 aromatic heterocycles. The number of nitrogens with one attached hydrogen (secondary N) is 2. The SMILES string of the molecule is O=C(Nc1ccc2[nH]ccc2c1)N1CCC[C@H]1CO. The van der Waals surface area contributed by atoms with Gasteiger partial charge in [-0.25, -0.2) is 4.79 Å². The lowest BCUT2D eigenvalue weighted by molar-refractivity contribution is 0.166. The van der Waals surface area contributed by atoms with Crippen molar-refractivity contribution < 1.29 is 9.90 Å². The minimum absolute atomic E-state index is 0.0320. The summed E-state index contributed by atoms with van der Waals surface area (Å²) >= 11 is 0. The summed E-state index contributed by atoms with van der Waals surface area (Å²) in [4.78, 5) is 17.0. The second kappa shape index (κ2) is 4.93. The van der Waals surface area contributed by atoms with E-state index in [0.717, 1.165) is 29.4 Å². The minimum atomic E-state index is -0.133. The number of fused-ring (bicyclic) bond motifs is 1. The molecule has 1 aromatic carbocycles. The van der Waals surface area contributed by atoms with Gasteiger partial charge in [0.05, 0.1) is 12.6 Å². The maximum absolute atomic E-state index is 12.2. The van der Waals surface area contributed by atoms with Crippen molar-refractivity contribution in [1.29, 1.82) is 0 Å². The summed E-state index contributed by atoms with van der Waals surface area (Å²) in [5.41, 5.74) is 1.83. The second-order valence-corrected chi connectivity index (χ2v) is 4.88. The van der Waals surface area contributed by atoms with Crippen LogP contribution in [0.2, 0.25) is 0 Å². The van der Waals surface area contributed by atoms with Gasteiger partial charge in [0.25, 0.3) is 0 Å². The Balaban J connectivity index is 1.74. The summed E-state index contributed by atoms with van der Waals surface area (Å²) in [5.74, 6) is 0. The smallest absolute Gasteiger partial charge is 0.322 e. The Morgan fingerprint density at radius 3 is 3.21 bits per heavy atom. The largest absolute Gasteiger partial charge is 0.394 e. The molecular formula is C14H17N3O2. The average Bonchev–Trinajstić information content (AvgIpc) is 3.06. The van der Waals surface area contributed by atoms with Gasteiger partial charge in [-0.05, 0) is 37.1 Å². The van der Waals surface area contributed by atoms with Crippen LogP contribution in [0.1, 0.15) is 12.8 Å². The van der Waals surface area contributed by atoms with Gasteiger partial charge in [-0.3, -0.25) is 0 Å². The fraction of sp³-hybridized carbons (Fsp3) is 0.357. The molecule has 5 nitrogen and oxygen atoms in total. The molecule has 1 aliphatic heterocycles. The van der Waals surface area contributed by atoms with Gasteiger partial charge in [0.2, 0.25) is 0 Å².